The number of nitro groups is 1. The average molecular weight is 267 g/mol. The molecule has 2 N–H and O–H groups in total. The Labute approximate surface area is 109 Å². The van der Waals surface area contributed by atoms with Crippen LogP contribution in [-0.2, 0) is 0 Å². The van der Waals surface area contributed by atoms with Crippen LogP contribution in [0.5, 0.6) is 0 Å². The molecule has 19 heavy (non-hydrogen) atoms. The fourth-order valence-corrected chi connectivity index (χ4v) is 2.03. The number of amides is 1. The topological polar surface area (TPSA) is 84.3 Å². The van der Waals surface area contributed by atoms with Crippen LogP contribution in [-0.4, -0.2) is 30.0 Å². The van der Waals surface area contributed by atoms with E-state index in [-0.39, 0.29) is 17.3 Å². The van der Waals surface area contributed by atoms with Crippen LogP contribution in [0.4, 0.5) is 10.1 Å². The van der Waals surface area contributed by atoms with Gasteiger partial charge in [-0.3, -0.25) is 14.9 Å². The van der Waals surface area contributed by atoms with E-state index in [1.807, 2.05) is 0 Å². The molecule has 1 aliphatic rings. The molecular formula is C12H14FN3O3. The minimum Gasteiger partial charge on any atom is -0.349 e. The van der Waals surface area contributed by atoms with E-state index < -0.39 is 16.6 Å². The Kier molecular flexibility index (Phi) is 4.06. The van der Waals surface area contributed by atoms with Crippen molar-refractivity contribution < 1.29 is 14.1 Å². The van der Waals surface area contributed by atoms with E-state index in [9.17, 15) is 19.3 Å². The van der Waals surface area contributed by atoms with Crippen LogP contribution in [0.25, 0.3) is 0 Å². The lowest BCUT2D eigenvalue weighted by Crippen LogP contribution is -2.42. The quantitative estimate of drug-likeness (QED) is 0.637. The number of nitrogens with one attached hydrogen (secondary N) is 2. The number of rotatable bonds is 3. The van der Waals surface area contributed by atoms with Crippen LogP contribution in [0.15, 0.2) is 18.2 Å². The third-order valence-corrected chi connectivity index (χ3v) is 3.08. The van der Waals surface area contributed by atoms with Gasteiger partial charge in [0.1, 0.15) is 5.82 Å². The molecule has 1 saturated heterocycles. The number of hydrogen-bond donors (Lipinski definition) is 2. The Hall–Kier alpha value is -2.02. The molecule has 1 aromatic carbocycles. The first kappa shape index (κ1) is 13.4. The summed E-state index contributed by atoms with van der Waals surface area (Å²) in [6.07, 6.45) is 1.53. The van der Waals surface area contributed by atoms with E-state index in [2.05, 4.69) is 10.6 Å². The molecule has 102 valence electrons. The summed E-state index contributed by atoms with van der Waals surface area (Å²) >= 11 is 0. The Morgan fingerprint density at radius 2 is 2.11 bits per heavy atom. The molecular weight excluding hydrogens is 253 g/mol. The number of hydrogen-bond acceptors (Lipinski definition) is 4. The van der Waals surface area contributed by atoms with Gasteiger partial charge in [0.15, 0.2) is 0 Å². The van der Waals surface area contributed by atoms with Gasteiger partial charge >= 0.3 is 0 Å². The van der Waals surface area contributed by atoms with Crippen molar-refractivity contribution in [1.82, 2.24) is 10.6 Å². The van der Waals surface area contributed by atoms with E-state index in [1.165, 1.54) is 0 Å². The lowest BCUT2D eigenvalue weighted by atomic mass is 10.1. The first-order chi connectivity index (χ1) is 9.08. The number of benzene rings is 1. The summed E-state index contributed by atoms with van der Waals surface area (Å²) in [5.74, 6) is -1.36. The number of non-ortho nitro benzene ring substituents is 1. The van der Waals surface area contributed by atoms with Gasteiger partial charge in [0.25, 0.3) is 11.6 Å². The molecule has 1 amide bonds. The summed E-state index contributed by atoms with van der Waals surface area (Å²) in [7, 11) is 0. The van der Waals surface area contributed by atoms with E-state index in [4.69, 9.17) is 0 Å². The lowest BCUT2D eigenvalue weighted by molar-refractivity contribution is -0.384. The van der Waals surface area contributed by atoms with Gasteiger partial charge in [0, 0.05) is 18.2 Å². The standard InChI is InChI=1S/C12H14FN3O3/c13-11-2-1-9(16(18)19)7-10(11)12(17)15-8-3-5-14-6-4-8/h1-2,7-8,14H,3-6H2,(H,15,17). The zero-order valence-electron chi connectivity index (χ0n) is 10.2. The van der Waals surface area contributed by atoms with Crippen LogP contribution < -0.4 is 10.6 Å². The van der Waals surface area contributed by atoms with Gasteiger partial charge in [-0.15, -0.1) is 0 Å². The number of halogens is 1. The van der Waals surface area contributed by atoms with E-state index in [0.29, 0.717) is 0 Å². The van der Waals surface area contributed by atoms with Crippen LogP contribution in [0.2, 0.25) is 0 Å². The maximum Gasteiger partial charge on any atom is 0.270 e. The van der Waals surface area contributed by atoms with Gasteiger partial charge in [-0.05, 0) is 32.0 Å². The lowest BCUT2D eigenvalue weighted by Gasteiger charge is -2.23. The van der Waals surface area contributed by atoms with Crippen molar-refractivity contribution in [3.05, 3.63) is 39.7 Å². The second-order valence-corrected chi connectivity index (χ2v) is 4.42. The largest absolute Gasteiger partial charge is 0.349 e. The molecule has 0 radical (unpaired) electrons. The molecule has 1 heterocycles. The highest BCUT2D eigenvalue weighted by Gasteiger charge is 2.20. The molecule has 0 aliphatic carbocycles. The normalized spacial score (nSPS) is 16.1. The minimum absolute atomic E-state index is 0.0209. The molecule has 6 nitrogen and oxygen atoms in total. The second-order valence-electron chi connectivity index (χ2n) is 4.42. The SMILES string of the molecule is O=C(NC1CCNCC1)c1cc([N+](=O)[O-])ccc1F. The van der Waals surface area contributed by atoms with Crippen molar-refractivity contribution in [2.24, 2.45) is 0 Å². The predicted molar refractivity (Wildman–Crippen MR) is 66.4 cm³/mol. The smallest absolute Gasteiger partial charge is 0.270 e. The molecule has 1 aliphatic heterocycles. The summed E-state index contributed by atoms with van der Waals surface area (Å²) in [5.41, 5.74) is -0.579. The summed E-state index contributed by atoms with van der Waals surface area (Å²) in [4.78, 5) is 21.9. The monoisotopic (exact) mass is 267 g/mol. The molecule has 0 spiro atoms. The van der Waals surface area contributed by atoms with Crippen LogP contribution >= 0.6 is 0 Å². The van der Waals surface area contributed by atoms with Crippen molar-refractivity contribution in [2.45, 2.75) is 18.9 Å². The zero-order valence-corrected chi connectivity index (χ0v) is 10.2. The summed E-state index contributed by atoms with van der Waals surface area (Å²) in [6.45, 7) is 1.59. The van der Waals surface area contributed by atoms with Crippen LogP contribution in [0.1, 0.15) is 23.2 Å². The second kappa shape index (κ2) is 5.75. The summed E-state index contributed by atoms with van der Waals surface area (Å²) in [5, 5.41) is 16.5. The van der Waals surface area contributed by atoms with Gasteiger partial charge in [-0.2, -0.15) is 0 Å². The zero-order chi connectivity index (χ0) is 13.8. The Morgan fingerprint density at radius 3 is 2.74 bits per heavy atom. The van der Waals surface area contributed by atoms with E-state index in [1.54, 1.807) is 0 Å². The molecule has 7 heteroatoms. The highest BCUT2D eigenvalue weighted by atomic mass is 19.1. The van der Waals surface area contributed by atoms with Gasteiger partial charge in [-0.25, -0.2) is 4.39 Å². The molecule has 0 saturated carbocycles. The van der Waals surface area contributed by atoms with E-state index >= 15 is 0 Å². The summed E-state index contributed by atoms with van der Waals surface area (Å²) < 4.78 is 13.5. The molecule has 0 unspecified atom stereocenters. The van der Waals surface area contributed by atoms with Crippen LogP contribution in [0.3, 0.4) is 0 Å². The fourth-order valence-electron chi connectivity index (χ4n) is 2.03. The third-order valence-electron chi connectivity index (χ3n) is 3.08. The highest BCUT2D eigenvalue weighted by molar-refractivity contribution is 5.95. The number of nitrogens with zero attached hydrogens (tertiary/aromatic N) is 1. The fraction of sp³-hybridized carbons (Fsp3) is 0.417. The highest BCUT2D eigenvalue weighted by Crippen LogP contribution is 2.17. The van der Waals surface area contributed by atoms with Crippen molar-refractivity contribution >= 4 is 11.6 Å². The molecule has 2 rings (SSSR count). The Morgan fingerprint density at radius 1 is 1.42 bits per heavy atom. The number of nitro benzene ring substituents is 1. The number of carbonyl (C=O) groups excluding carboxylic acids is 1. The van der Waals surface area contributed by atoms with Gasteiger partial charge in [-0.1, -0.05) is 0 Å². The average Bonchev–Trinajstić information content (AvgIpc) is 2.40. The minimum atomic E-state index is -0.753. The molecule has 1 aromatic rings. The summed E-state index contributed by atoms with van der Waals surface area (Å²) in [6, 6.07) is 2.92. The third kappa shape index (κ3) is 3.25. The number of piperidine rings is 1. The van der Waals surface area contributed by atoms with Gasteiger partial charge < -0.3 is 10.6 Å². The van der Waals surface area contributed by atoms with Gasteiger partial charge in [0.2, 0.25) is 0 Å². The predicted octanol–water partition coefficient (Wildman–Crippen LogP) is 1.22. The van der Waals surface area contributed by atoms with Gasteiger partial charge in [0.05, 0.1) is 10.5 Å². The molecule has 0 atom stereocenters. The Balaban J connectivity index is 2.13. The first-order valence-corrected chi connectivity index (χ1v) is 6.03. The maximum absolute atomic E-state index is 13.5. The number of carbonyl (C=O) groups is 1. The molecule has 1 fully saturated rings. The maximum atomic E-state index is 13.5. The molecule has 0 aromatic heterocycles. The Bertz CT molecular complexity index is 501. The van der Waals surface area contributed by atoms with Crippen LogP contribution in [0, 0.1) is 15.9 Å². The van der Waals surface area contributed by atoms with Crippen molar-refractivity contribution in [1.29, 1.82) is 0 Å². The van der Waals surface area contributed by atoms with Crippen molar-refractivity contribution in [3.63, 3.8) is 0 Å². The van der Waals surface area contributed by atoms with Crippen molar-refractivity contribution in [3.8, 4) is 0 Å². The first-order valence-electron chi connectivity index (χ1n) is 6.03. The molecule has 0 bridgehead atoms. The van der Waals surface area contributed by atoms with E-state index in [0.717, 1.165) is 44.1 Å². The van der Waals surface area contributed by atoms with Crippen molar-refractivity contribution in [2.75, 3.05) is 13.1 Å².